The molecule has 0 atom stereocenters. The van der Waals surface area contributed by atoms with Crippen molar-refractivity contribution in [3.05, 3.63) is 53.6 Å². The molecule has 2 aromatic carbocycles. The lowest BCUT2D eigenvalue weighted by atomic mass is 10.1. The minimum absolute atomic E-state index is 0.0456. The number of likely N-dealkylation sites (N-methyl/N-ethyl adjacent to an activating group) is 1. The van der Waals surface area contributed by atoms with Crippen LogP contribution in [0.1, 0.15) is 11.1 Å². The Balaban J connectivity index is 1.97. The van der Waals surface area contributed by atoms with Gasteiger partial charge in [-0.05, 0) is 49.5 Å². The number of phenolic OH excluding ortho intramolecular Hbond substituents is 2. The van der Waals surface area contributed by atoms with Crippen LogP contribution in [-0.4, -0.2) is 42.4 Å². The van der Waals surface area contributed by atoms with E-state index in [-0.39, 0.29) is 11.5 Å². The molecule has 0 spiro atoms. The third-order valence-corrected chi connectivity index (χ3v) is 3.08. The number of benzene rings is 2. The van der Waals surface area contributed by atoms with E-state index in [9.17, 15) is 10.2 Å². The second-order valence-electron chi connectivity index (χ2n) is 5.34. The lowest BCUT2D eigenvalue weighted by molar-refractivity contribution is 0.261. The van der Waals surface area contributed by atoms with Crippen molar-refractivity contribution in [3.63, 3.8) is 0 Å². The van der Waals surface area contributed by atoms with Crippen LogP contribution in [0.2, 0.25) is 0 Å². The van der Waals surface area contributed by atoms with Crippen molar-refractivity contribution >= 4 is 12.2 Å². The summed E-state index contributed by atoms with van der Waals surface area (Å²) < 4.78 is 5.63. The van der Waals surface area contributed by atoms with Crippen LogP contribution >= 0.6 is 0 Å². The molecule has 4 heteroatoms. The molecule has 0 aliphatic heterocycles. The van der Waals surface area contributed by atoms with E-state index in [0.29, 0.717) is 6.61 Å². The summed E-state index contributed by atoms with van der Waals surface area (Å²) in [5.41, 5.74) is 1.76. The fourth-order valence-corrected chi connectivity index (χ4v) is 1.93. The van der Waals surface area contributed by atoms with Gasteiger partial charge in [-0.3, -0.25) is 0 Å². The fraction of sp³-hybridized carbons (Fsp3) is 0.222. The number of phenols is 2. The number of rotatable bonds is 6. The first-order valence-electron chi connectivity index (χ1n) is 7.11. The second-order valence-corrected chi connectivity index (χ2v) is 5.34. The zero-order chi connectivity index (χ0) is 15.9. The summed E-state index contributed by atoms with van der Waals surface area (Å²) in [7, 11) is 4.02. The number of ether oxygens (including phenoxy) is 1. The lowest BCUT2D eigenvalue weighted by Crippen LogP contribution is -2.19. The summed E-state index contributed by atoms with van der Waals surface area (Å²) in [6.07, 6.45) is 3.75. The molecule has 0 amide bonds. The van der Waals surface area contributed by atoms with Crippen molar-refractivity contribution in [2.75, 3.05) is 27.2 Å². The van der Waals surface area contributed by atoms with Crippen LogP contribution < -0.4 is 4.74 Å². The van der Waals surface area contributed by atoms with Crippen LogP contribution in [0.4, 0.5) is 0 Å². The first kappa shape index (κ1) is 15.9. The first-order chi connectivity index (χ1) is 10.5. The van der Waals surface area contributed by atoms with E-state index in [1.165, 1.54) is 6.07 Å². The van der Waals surface area contributed by atoms with Gasteiger partial charge in [0.05, 0.1) is 0 Å². The minimum atomic E-state index is 0.0456. The lowest BCUT2D eigenvalue weighted by Gasteiger charge is -2.10. The Labute approximate surface area is 130 Å². The van der Waals surface area contributed by atoms with Gasteiger partial charge >= 0.3 is 0 Å². The van der Waals surface area contributed by atoms with Crippen LogP contribution in [0.3, 0.4) is 0 Å². The van der Waals surface area contributed by atoms with E-state index in [1.807, 2.05) is 50.5 Å². The second kappa shape index (κ2) is 7.52. The normalized spacial score (nSPS) is 11.2. The summed E-state index contributed by atoms with van der Waals surface area (Å²) in [6.45, 7) is 1.54. The van der Waals surface area contributed by atoms with E-state index in [0.717, 1.165) is 23.4 Å². The molecule has 0 aliphatic carbocycles. The average Bonchev–Trinajstić information content (AvgIpc) is 2.45. The molecule has 0 saturated carbocycles. The standard InChI is InChI=1S/C18H21NO3/c1-19(2)9-10-22-18-7-5-14(6-8-18)3-4-15-11-16(20)13-17(21)12-15/h3-8,11-13,20-21H,9-10H2,1-2H3/b4-3+. The Kier molecular flexibility index (Phi) is 5.44. The fourth-order valence-electron chi connectivity index (χ4n) is 1.93. The van der Waals surface area contributed by atoms with E-state index >= 15 is 0 Å². The maximum absolute atomic E-state index is 9.44. The summed E-state index contributed by atoms with van der Waals surface area (Å²) in [5.74, 6) is 0.933. The Morgan fingerprint density at radius 1 is 0.909 bits per heavy atom. The van der Waals surface area contributed by atoms with Crippen molar-refractivity contribution in [1.82, 2.24) is 4.90 Å². The van der Waals surface area contributed by atoms with Crippen molar-refractivity contribution in [1.29, 1.82) is 0 Å². The minimum Gasteiger partial charge on any atom is -0.508 e. The van der Waals surface area contributed by atoms with Crippen LogP contribution in [0.15, 0.2) is 42.5 Å². The topological polar surface area (TPSA) is 52.9 Å². The molecule has 22 heavy (non-hydrogen) atoms. The van der Waals surface area contributed by atoms with Gasteiger partial charge in [-0.25, -0.2) is 0 Å². The van der Waals surface area contributed by atoms with Crippen molar-refractivity contribution in [2.24, 2.45) is 0 Å². The maximum atomic E-state index is 9.44. The maximum Gasteiger partial charge on any atom is 0.119 e. The monoisotopic (exact) mass is 299 g/mol. The molecule has 0 aromatic heterocycles. The van der Waals surface area contributed by atoms with Gasteiger partial charge in [-0.15, -0.1) is 0 Å². The van der Waals surface area contributed by atoms with Crippen molar-refractivity contribution < 1.29 is 14.9 Å². The molecule has 0 radical (unpaired) electrons. The molecular weight excluding hydrogens is 278 g/mol. The van der Waals surface area contributed by atoms with Crippen molar-refractivity contribution in [3.8, 4) is 17.2 Å². The largest absolute Gasteiger partial charge is 0.508 e. The SMILES string of the molecule is CN(C)CCOc1ccc(/C=C/c2cc(O)cc(O)c2)cc1. The van der Waals surface area contributed by atoms with Crippen LogP contribution in [0.25, 0.3) is 12.2 Å². The molecule has 0 aliphatic rings. The molecule has 2 rings (SSSR count). The van der Waals surface area contributed by atoms with Gasteiger partial charge in [0, 0.05) is 12.6 Å². The van der Waals surface area contributed by atoms with Gasteiger partial charge < -0.3 is 19.8 Å². The summed E-state index contributed by atoms with van der Waals surface area (Å²) in [4.78, 5) is 2.07. The number of hydrogen-bond donors (Lipinski definition) is 2. The number of aromatic hydroxyl groups is 2. The molecule has 0 bridgehead atoms. The Morgan fingerprint density at radius 3 is 2.09 bits per heavy atom. The number of nitrogens with zero attached hydrogens (tertiary/aromatic N) is 1. The predicted octanol–water partition coefficient (Wildman–Crippen LogP) is 3.21. The highest BCUT2D eigenvalue weighted by atomic mass is 16.5. The molecular formula is C18H21NO3. The Hall–Kier alpha value is -2.46. The Morgan fingerprint density at radius 2 is 1.50 bits per heavy atom. The van der Waals surface area contributed by atoms with E-state index in [4.69, 9.17) is 4.74 Å². The highest BCUT2D eigenvalue weighted by Crippen LogP contribution is 2.22. The molecule has 4 nitrogen and oxygen atoms in total. The van der Waals surface area contributed by atoms with E-state index < -0.39 is 0 Å². The highest BCUT2D eigenvalue weighted by molar-refractivity contribution is 5.71. The summed E-state index contributed by atoms with van der Waals surface area (Å²) in [5, 5.41) is 18.9. The molecule has 0 heterocycles. The van der Waals surface area contributed by atoms with Gasteiger partial charge in [0.25, 0.3) is 0 Å². The molecule has 0 saturated heterocycles. The van der Waals surface area contributed by atoms with Crippen LogP contribution in [0, 0.1) is 0 Å². The smallest absolute Gasteiger partial charge is 0.119 e. The molecule has 0 unspecified atom stereocenters. The van der Waals surface area contributed by atoms with Gasteiger partial charge in [-0.2, -0.15) is 0 Å². The van der Waals surface area contributed by atoms with E-state index in [1.54, 1.807) is 12.1 Å². The third kappa shape index (κ3) is 5.14. The zero-order valence-corrected chi connectivity index (χ0v) is 12.9. The summed E-state index contributed by atoms with van der Waals surface area (Å²) in [6, 6.07) is 12.3. The zero-order valence-electron chi connectivity index (χ0n) is 12.9. The van der Waals surface area contributed by atoms with E-state index in [2.05, 4.69) is 4.90 Å². The van der Waals surface area contributed by atoms with Gasteiger partial charge in [0.1, 0.15) is 23.9 Å². The predicted molar refractivity (Wildman–Crippen MR) is 89.2 cm³/mol. The van der Waals surface area contributed by atoms with Gasteiger partial charge in [0.2, 0.25) is 0 Å². The third-order valence-electron chi connectivity index (χ3n) is 3.08. The quantitative estimate of drug-likeness (QED) is 0.804. The van der Waals surface area contributed by atoms with Crippen LogP contribution in [-0.2, 0) is 0 Å². The summed E-state index contributed by atoms with van der Waals surface area (Å²) >= 11 is 0. The first-order valence-corrected chi connectivity index (χ1v) is 7.11. The molecule has 2 N–H and O–H groups in total. The van der Waals surface area contributed by atoms with Gasteiger partial charge in [0.15, 0.2) is 0 Å². The molecule has 116 valence electrons. The van der Waals surface area contributed by atoms with Crippen LogP contribution in [0.5, 0.6) is 17.2 Å². The van der Waals surface area contributed by atoms with Gasteiger partial charge in [-0.1, -0.05) is 24.3 Å². The van der Waals surface area contributed by atoms with Crippen molar-refractivity contribution in [2.45, 2.75) is 0 Å². The molecule has 0 fully saturated rings. The number of hydrogen-bond acceptors (Lipinski definition) is 4. The average molecular weight is 299 g/mol. The highest BCUT2D eigenvalue weighted by Gasteiger charge is 1.97. The molecule has 2 aromatic rings. The Bertz CT molecular complexity index is 613.